The molecule has 102 valence electrons. The van der Waals surface area contributed by atoms with Crippen LogP contribution in [0.5, 0.6) is 0 Å². The van der Waals surface area contributed by atoms with E-state index in [1.807, 2.05) is 13.0 Å². The van der Waals surface area contributed by atoms with Crippen molar-refractivity contribution >= 4 is 27.3 Å². The number of rotatable bonds is 7. The summed E-state index contributed by atoms with van der Waals surface area (Å²) in [7, 11) is 0. The first-order valence-electron chi connectivity index (χ1n) is 6.87. The predicted molar refractivity (Wildman–Crippen MR) is 85.1 cm³/mol. The Hall–Kier alpha value is -0.700. The second-order valence-electron chi connectivity index (χ2n) is 4.99. The maximum atomic E-state index is 5.88. The van der Waals surface area contributed by atoms with Crippen molar-refractivity contribution in [3.05, 3.63) is 22.2 Å². The molecular formula is C15H25BrN2. The van der Waals surface area contributed by atoms with E-state index in [2.05, 4.69) is 41.2 Å². The minimum absolute atomic E-state index is 0.759. The topological polar surface area (TPSA) is 38.0 Å². The fraction of sp³-hybridized carbons (Fsp3) is 0.600. The van der Waals surface area contributed by atoms with Crippen LogP contribution in [-0.2, 0) is 0 Å². The van der Waals surface area contributed by atoms with Gasteiger partial charge in [0.2, 0.25) is 0 Å². The first-order valence-corrected chi connectivity index (χ1v) is 7.67. The summed E-state index contributed by atoms with van der Waals surface area (Å²) in [6, 6.07) is 4.09. The van der Waals surface area contributed by atoms with Gasteiger partial charge in [-0.05, 0) is 52.9 Å². The van der Waals surface area contributed by atoms with Crippen LogP contribution in [0.2, 0.25) is 0 Å². The fourth-order valence-electron chi connectivity index (χ4n) is 2.03. The molecule has 3 heteroatoms. The van der Waals surface area contributed by atoms with Gasteiger partial charge in [0.25, 0.3) is 0 Å². The Morgan fingerprint density at radius 3 is 2.67 bits per heavy atom. The molecule has 0 aliphatic carbocycles. The molecule has 0 fully saturated rings. The molecule has 0 heterocycles. The fourth-order valence-corrected chi connectivity index (χ4v) is 2.53. The molecule has 0 bridgehead atoms. The number of benzene rings is 1. The minimum atomic E-state index is 0.759. The van der Waals surface area contributed by atoms with Gasteiger partial charge in [0.15, 0.2) is 0 Å². The maximum absolute atomic E-state index is 5.88. The second-order valence-corrected chi connectivity index (χ2v) is 5.84. The number of halogens is 1. The van der Waals surface area contributed by atoms with E-state index in [9.17, 15) is 0 Å². The van der Waals surface area contributed by atoms with Crippen molar-refractivity contribution in [2.45, 2.75) is 46.5 Å². The molecule has 1 aromatic carbocycles. The highest BCUT2D eigenvalue weighted by Gasteiger charge is 2.08. The van der Waals surface area contributed by atoms with Gasteiger partial charge in [-0.15, -0.1) is 0 Å². The van der Waals surface area contributed by atoms with E-state index < -0.39 is 0 Å². The first kappa shape index (κ1) is 15.4. The lowest BCUT2D eigenvalue weighted by Gasteiger charge is -2.17. The zero-order chi connectivity index (χ0) is 13.5. The third kappa shape index (κ3) is 4.52. The zero-order valence-electron chi connectivity index (χ0n) is 11.7. The number of nitrogens with two attached hydrogens (primary N) is 1. The lowest BCUT2D eigenvalue weighted by Crippen LogP contribution is -2.14. The van der Waals surface area contributed by atoms with Crippen LogP contribution in [0.4, 0.5) is 11.4 Å². The number of hydrogen-bond donors (Lipinski definition) is 2. The molecule has 0 radical (unpaired) electrons. The van der Waals surface area contributed by atoms with Crippen LogP contribution in [0.25, 0.3) is 0 Å². The van der Waals surface area contributed by atoms with E-state index in [4.69, 9.17) is 5.73 Å². The van der Waals surface area contributed by atoms with Crippen molar-refractivity contribution in [3.63, 3.8) is 0 Å². The largest absolute Gasteiger partial charge is 0.398 e. The van der Waals surface area contributed by atoms with Crippen molar-refractivity contribution in [2.75, 3.05) is 17.6 Å². The second kappa shape index (κ2) is 7.67. The highest BCUT2D eigenvalue weighted by atomic mass is 79.9. The van der Waals surface area contributed by atoms with Crippen LogP contribution >= 0.6 is 15.9 Å². The minimum Gasteiger partial charge on any atom is -0.398 e. The SMILES string of the molecule is CCCCC(CC)CNc1cc(C)c(N)cc1Br. The quantitative estimate of drug-likeness (QED) is 0.698. The number of aryl methyl sites for hydroxylation is 1. The van der Waals surface area contributed by atoms with Crippen molar-refractivity contribution in [2.24, 2.45) is 5.92 Å². The van der Waals surface area contributed by atoms with Gasteiger partial charge in [-0.2, -0.15) is 0 Å². The van der Waals surface area contributed by atoms with Crippen molar-refractivity contribution < 1.29 is 0 Å². The molecule has 3 N–H and O–H groups in total. The summed E-state index contributed by atoms with van der Waals surface area (Å²) < 4.78 is 1.05. The first-order chi connectivity index (χ1) is 8.58. The Bertz CT molecular complexity index is 377. The molecule has 0 amide bonds. The van der Waals surface area contributed by atoms with E-state index in [0.717, 1.165) is 33.9 Å². The third-order valence-electron chi connectivity index (χ3n) is 3.48. The summed E-state index contributed by atoms with van der Waals surface area (Å²) >= 11 is 3.56. The average molecular weight is 313 g/mol. The van der Waals surface area contributed by atoms with Gasteiger partial charge in [0.1, 0.15) is 0 Å². The number of anilines is 2. The molecule has 1 atom stereocenters. The Morgan fingerprint density at radius 2 is 2.06 bits per heavy atom. The van der Waals surface area contributed by atoms with E-state index in [0.29, 0.717) is 0 Å². The molecular weight excluding hydrogens is 288 g/mol. The summed E-state index contributed by atoms with van der Waals surface area (Å²) in [6.45, 7) is 7.60. The Morgan fingerprint density at radius 1 is 1.33 bits per heavy atom. The molecule has 0 spiro atoms. The number of hydrogen-bond acceptors (Lipinski definition) is 2. The maximum Gasteiger partial charge on any atom is 0.0488 e. The van der Waals surface area contributed by atoms with Gasteiger partial charge in [-0.1, -0.05) is 33.1 Å². The monoisotopic (exact) mass is 312 g/mol. The van der Waals surface area contributed by atoms with Crippen LogP contribution in [0.1, 0.15) is 45.1 Å². The summed E-state index contributed by atoms with van der Waals surface area (Å²) in [5.41, 5.74) is 8.99. The van der Waals surface area contributed by atoms with E-state index >= 15 is 0 Å². The molecule has 0 aliphatic heterocycles. The highest BCUT2D eigenvalue weighted by Crippen LogP contribution is 2.28. The normalized spacial score (nSPS) is 12.4. The van der Waals surface area contributed by atoms with E-state index in [1.165, 1.54) is 25.7 Å². The van der Waals surface area contributed by atoms with Crippen molar-refractivity contribution in [1.29, 1.82) is 0 Å². The standard InChI is InChI=1S/C15H25BrN2/c1-4-6-7-12(5-2)10-18-15-8-11(3)14(17)9-13(15)16/h8-9,12,18H,4-7,10,17H2,1-3H3. The summed E-state index contributed by atoms with van der Waals surface area (Å²) in [5.74, 6) is 0.759. The number of nitrogen functional groups attached to an aromatic ring is 1. The van der Waals surface area contributed by atoms with Crippen LogP contribution in [0, 0.1) is 12.8 Å². The van der Waals surface area contributed by atoms with Gasteiger partial charge in [0, 0.05) is 22.4 Å². The van der Waals surface area contributed by atoms with E-state index in [1.54, 1.807) is 0 Å². The lowest BCUT2D eigenvalue weighted by atomic mass is 9.99. The zero-order valence-corrected chi connectivity index (χ0v) is 13.3. The Labute approximate surface area is 119 Å². The molecule has 0 saturated heterocycles. The molecule has 0 aromatic heterocycles. The van der Waals surface area contributed by atoms with Crippen LogP contribution in [0.15, 0.2) is 16.6 Å². The molecule has 0 saturated carbocycles. The lowest BCUT2D eigenvalue weighted by molar-refractivity contribution is 0.473. The van der Waals surface area contributed by atoms with Gasteiger partial charge < -0.3 is 11.1 Å². The third-order valence-corrected chi connectivity index (χ3v) is 4.14. The molecule has 1 rings (SSSR count). The molecule has 18 heavy (non-hydrogen) atoms. The summed E-state index contributed by atoms with van der Waals surface area (Å²) in [6.07, 6.45) is 5.15. The van der Waals surface area contributed by atoms with Crippen LogP contribution in [-0.4, -0.2) is 6.54 Å². The van der Waals surface area contributed by atoms with Gasteiger partial charge in [-0.25, -0.2) is 0 Å². The van der Waals surface area contributed by atoms with Crippen LogP contribution < -0.4 is 11.1 Å². The molecule has 2 nitrogen and oxygen atoms in total. The molecule has 1 aromatic rings. The Balaban J connectivity index is 2.59. The Kier molecular flexibility index (Phi) is 6.55. The van der Waals surface area contributed by atoms with Crippen molar-refractivity contribution in [3.8, 4) is 0 Å². The van der Waals surface area contributed by atoms with Crippen molar-refractivity contribution in [1.82, 2.24) is 0 Å². The van der Waals surface area contributed by atoms with Crippen LogP contribution in [0.3, 0.4) is 0 Å². The predicted octanol–water partition coefficient (Wildman–Crippen LogP) is 4.97. The smallest absolute Gasteiger partial charge is 0.0488 e. The van der Waals surface area contributed by atoms with Gasteiger partial charge in [-0.3, -0.25) is 0 Å². The summed E-state index contributed by atoms with van der Waals surface area (Å²) in [4.78, 5) is 0. The van der Waals surface area contributed by atoms with Gasteiger partial charge in [0.05, 0.1) is 0 Å². The molecule has 1 unspecified atom stereocenters. The number of unbranched alkanes of at least 4 members (excludes halogenated alkanes) is 1. The van der Waals surface area contributed by atoms with Gasteiger partial charge >= 0.3 is 0 Å². The summed E-state index contributed by atoms with van der Waals surface area (Å²) in [5, 5.41) is 3.54. The van der Waals surface area contributed by atoms with E-state index in [-0.39, 0.29) is 0 Å². The average Bonchev–Trinajstić information content (AvgIpc) is 2.35. The number of nitrogens with one attached hydrogen (secondary N) is 1. The molecule has 0 aliphatic rings. The highest BCUT2D eigenvalue weighted by molar-refractivity contribution is 9.10.